The van der Waals surface area contributed by atoms with E-state index in [0.29, 0.717) is 0 Å². The van der Waals surface area contributed by atoms with Crippen LogP contribution in [0.2, 0.25) is 0 Å². The van der Waals surface area contributed by atoms with E-state index in [2.05, 4.69) is 4.98 Å². The van der Waals surface area contributed by atoms with E-state index in [0.717, 1.165) is 11.3 Å². The van der Waals surface area contributed by atoms with Crippen LogP contribution in [-0.2, 0) is 5.75 Å². The standard InChI is InChI=1S/C7H9N3S.CH4/c8-7(9)11-5-6-1-3-10-4-2-6;/h1-4H,5H2,(H3,8,9);1H4. The molecular weight excluding hydrogens is 170 g/mol. The molecule has 1 aromatic heterocycles. The molecule has 0 aromatic carbocycles. The maximum Gasteiger partial charge on any atom is 0.151 e. The van der Waals surface area contributed by atoms with E-state index >= 15 is 0 Å². The van der Waals surface area contributed by atoms with Crippen molar-refractivity contribution in [3.05, 3.63) is 30.1 Å². The van der Waals surface area contributed by atoms with Crippen LogP contribution in [0.25, 0.3) is 0 Å². The molecule has 1 aromatic rings. The second-order valence-electron chi connectivity index (χ2n) is 2.01. The van der Waals surface area contributed by atoms with Gasteiger partial charge in [0.2, 0.25) is 0 Å². The van der Waals surface area contributed by atoms with Crippen molar-refractivity contribution in [2.75, 3.05) is 0 Å². The van der Waals surface area contributed by atoms with E-state index in [4.69, 9.17) is 11.1 Å². The van der Waals surface area contributed by atoms with Gasteiger partial charge in [0.25, 0.3) is 0 Å². The highest BCUT2D eigenvalue weighted by Crippen LogP contribution is 2.09. The molecule has 3 nitrogen and oxygen atoms in total. The quantitative estimate of drug-likeness (QED) is 0.543. The van der Waals surface area contributed by atoms with Crippen LogP contribution in [0.4, 0.5) is 0 Å². The summed E-state index contributed by atoms with van der Waals surface area (Å²) in [5.74, 6) is 0.748. The van der Waals surface area contributed by atoms with Crippen molar-refractivity contribution in [2.45, 2.75) is 13.2 Å². The molecule has 0 radical (unpaired) electrons. The number of nitrogens with zero attached hydrogens (tertiary/aromatic N) is 1. The Hall–Kier alpha value is -1.03. The number of hydrogen-bond acceptors (Lipinski definition) is 3. The van der Waals surface area contributed by atoms with Gasteiger partial charge in [-0.1, -0.05) is 19.2 Å². The SMILES string of the molecule is C.N=C(N)SCc1ccncc1. The fourth-order valence-electron chi connectivity index (χ4n) is 0.640. The number of amidine groups is 1. The number of pyridine rings is 1. The normalized spacial score (nSPS) is 8.67. The summed E-state index contributed by atoms with van der Waals surface area (Å²) in [5.41, 5.74) is 6.31. The molecule has 0 aliphatic rings. The molecule has 66 valence electrons. The number of nitrogens with two attached hydrogens (primary N) is 1. The van der Waals surface area contributed by atoms with Gasteiger partial charge in [-0.05, 0) is 17.7 Å². The van der Waals surface area contributed by atoms with Crippen LogP contribution in [0.5, 0.6) is 0 Å². The molecule has 0 unspecified atom stereocenters. The van der Waals surface area contributed by atoms with Gasteiger partial charge in [0.05, 0.1) is 0 Å². The van der Waals surface area contributed by atoms with E-state index in [1.165, 1.54) is 11.8 Å². The summed E-state index contributed by atoms with van der Waals surface area (Å²) in [6, 6.07) is 3.83. The van der Waals surface area contributed by atoms with Crippen molar-refractivity contribution in [1.29, 1.82) is 5.41 Å². The number of thioether (sulfide) groups is 1. The molecular formula is C8H13N3S. The first-order chi connectivity index (χ1) is 5.29. The fraction of sp³-hybridized carbons (Fsp3) is 0.250. The molecule has 0 bridgehead atoms. The third-order valence-electron chi connectivity index (χ3n) is 1.14. The maximum absolute atomic E-state index is 6.97. The van der Waals surface area contributed by atoms with Crippen LogP contribution < -0.4 is 5.73 Å². The summed E-state index contributed by atoms with van der Waals surface area (Å²) < 4.78 is 0. The van der Waals surface area contributed by atoms with Crippen LogP contribution in [0.3, 0.4) is 0 Å². The van der Waals surface area contributed by atoms with Gasteiger partial charge in [-0.15, -0.1) is 0 Å². The van der Waals surface area contributed by atoms with Gasteiger partial charge < -0.3 is 5.73 Å². The van der Waals surface area contributed by atoms with Crippen LogP contribution in [0.1, 0.15) is 13.0 Å². The Balaban J connectivity index is 0.00000121. The molecule has 4 heteroatoms. The smallest absolute Gasteiger partial charge is 0.151 e. The average Bonchev–Trinajstić information content (AvgIpc) is 2.03. The Morgan fingerprint density at radius 2 is 2.08 bits per heavy atom. The minimum atomic E-state index is 0. The summed E-state index contributed by atoms with van der Waals surface area (Å²) >= 11 is 1.32. The average molecular weight is 183 g/mol. The van der Waals surface area contributed by atoms with Gasteiger partial charge in [-0.25, -0.2) is 0 Å². The zero-order chi connectivity index (χ0) is 8.10. The molecule has 0 amide bonds. The lowest BCUT2D eigenvalue weighted by Gasteiger charge is -1.97. The predicted octanol–water partition coefficient (Wildman–Crippen LogP) is 1.84. The van der Waals surface area contributed by atoms with Crippen molar-refractivity contribution in [3.8, 4) is 0 Å². The monoisotopic (exact) mass is 183 g/mol. The van der Waals surface area contributed by atoms with Crippen LogP contribution in [-0.4, -0.2) is 10.2 Å². The van der Waals surface area contributed by atoms with Crippen molar-refractivity contribution in [3.63, 3.8) is 0 Å². The third-order valence-corrected chi connectivity index (χ3v) is 1.93. The minimum Gasteiger partial charge on any atom is -0.379 e. The van der Waals surface area contributed by atoms with Crippen LogP contribution in [0.15, 0.2) is 24.5 Å². The molecule has 0 fully saturated rings. The van der Waals surface area contributed by atoms with Crippen LogP contribution in [0, 0.1) is 5.41 Å². The predicted molar refractivity (Wildman–Crippen MR) is 54.2 cm³/mol. The lowest BCUT2D eigenvalue weighted by atomic mass is 10.3. The number of hydrogen-bond donors (Lipinski definition) is 2. The Kier molecular flexibility index (Phi) is 5.12. The van der Waals surface area contributed by atoms with Crippen molar-refractivity contribution < 1.29 is 0 Å². The topological polar surface area (TPSA) is 62.8 Å². The van der Waals surface area contributed by atoms with E-state index in [-0.39, 0.29) is 12.6 Å². The van der Waals surface area contributed by atoms with E-state index in [1.54, 1.807) is 12.4 Å². The fourth-order valence-corrected chi connectivity index (χ4v) is 1.15. The molecule has 1 rings (SSSR count). The second-order valence-corrected chi connectivity index (χ2v) is 3.03. The number of rotatable bonds is 2. The Bertz CT molecular complexity index is 235. The third kappa shape index (κ3) is 3.98. The van der Waals surface area contributed by atoms with Gasteiger partial charge in [0.1, 0.15) is 0 Å². The molecule has 12 heavy (non-hydrogen) atoms. The maximum atomic E-state index is 6.97. The first-order valence-corrected chi connectivity index (χ1v) is 4.13. The highest BCUT2D eigenvalue weighted by atomic mass is 32.2. The van der Waals surface area contributed by atoms with E-state index in [9.17, 15) is 0 Å². The zero-order valence-electron chi connectivity index (χ0n) is 5.95. The molecule has 3 N–H and O–H groups in total. The summed E-state index contributed by atoms with van der Waals surface area (Å²) in [6.07, 6.45) is 3.46. The Morgan fingerprint density at radius 1 is 1.50 bits per heavy atom. The van der Waals surface area contributed by atoms with Gasteiger partial charge >= 0.3 is 0 Å². The van der Waals surface area contributed by atoms with Gasteiger partial charge in [-0.3, -0.25) is 10.4 Å². The largest absolute Gasteiger partial charge is 0.379 e. The minimum absolute atomic E-state index is 0. The molecule has 0 aliphatic carbocycles. The molecule has 0 saturated heterocycles. The highest BCUT2D eigenvalue weighted by Gasteiger charge is 1.92. The number of nitrogens with one attached hydrogen (secondary N) is 1. The summed E-state index contributed by atoms with van der Waals surface area (Å²) in [7, 11) is 0. The van der Waals surface area contributed by atoms with Crippen molar-refractivity contribution >= 4 is 16.9 Å². The zero-order valence-corrected chi connectivity index (χ0v) is 6.77. The van der Waals surface area contributed by atoms with E-state index in [1.807, 2.05) is 12.1 Å². The first-order valence-electron chi connectivity index (χ1n) is 3.15. The summed E-state index contributed by atoms with van der Waals surface area (Å²) in [6.45, 7) is 0. The molecule has 0 saturated carbocycles. The highest BCUT2D eigenvalue weighted by molar-refractivity contribution is 8.13. The van der Waals surface area contributed by atoms with Crippen LogP contribution >= 0.6 is 11.8 Å². The molecule has 0 spiro atoms. The van der Waals surface area contributed by atoms with Gasteiger partial charge in [0.15, 0.2) is 5.17 Å². The Labute approximate surface area is 76.9 Å². The lowest BCUT2D eigenvalue weighted by Crippen LogP contribution is -2.03. The first kappa shape index (κ1) is 11.0. The Morgan fingerprint density at radius 3 is 2.58 bits per heavy atom. The molecule has 0 aliphatic heterocycles. The second kappa shape index (κ2) is 5.60. The van der Waals surface area contributed by atoms with Crippen molar-refractivity contribution in [2.24, 2.45) is 5.73 Å². The van der Waals surface area contributed by atoms with E-state index < -0.39 is 0 Å². The molecule has 0 atom stereocenters. The van der Waals surface area contributed by atoms with Crippen molar-refractivity contribution in [1.82, 2.24) is 4.98 Å². The lowest BCUT2D eigenvalue weighted by molar-refractivity contribution is 1.27. The molecule has 1 heterocycles. The summed E-state index contributed by atoms with van der Waals surface area (Å²) in [4.78, 5) is 3.88. The number of aromatic nitrogens is 1. The van der Waals surface area contributed by atoms with Gasteiger partial charge in [0, 0.05) is 18.1 Å². The summed E-state index contributed by atoms with van der Waals surface area (Å²) in [5, 5.41) is 7.12. The van der Waals surface area contributed by atoms with Gasteiger partial charge in [-0.2, -0.15) is 0 Å².